The summed E-state index contributed by atoms with van der Waals surface area (Å²) in [5.74, 6) is -0.604. The summed E-state index contributed by atoms with van der Waals surface area (Å²) >= 11 is 2.89. The number of benzene rings is 1. The molecule has 2 amide bonds. The molecule has 0 fully saturated rings. The van der Waals surface area contributed by atoms with Gasteiger partial charge < -0.3 is 11.1 Å². The molecule has 2 aromatic heterocycles. The van der Waals surface area contributed by atoms with Gasteiger partial charge in [0.05, 0.1) is 11.1 Å². The number of anilines is 1. The Bertz CT molecular complexity index is 1230. The number of thioether (sulfide) groups is 1. The smallest absolute Gasteiger partial charge is 0.263 e. The average Bonchev–Trinajstić information content (AvgIpc) is 3.16. The van der Waals surface area contributed by atoms with Gasteiger partial charge in [-0.3, -0.25) is 19.0 Å². The van der Waals surface area contributed by atoms with Crippen LogP contribution in [0.3, 0.4) is 0 Å². The molecular formula is C23H26N4O3S2. The number of thiophene rings is 1. The largest absolute Gasteiger partial charge is 0.366 e. The third kappa shape index (κ3) is 4.45. The summed E-state index contributed by atoms with van der Waals surface area (Å²) in [6.45, 7) is 4.06. The van der Waals surface area contributed by atoms with Gasteiger partial charge in [0.1, 0.15) is 4.83 Å². The molecule has 4 rings (SSSR count). The van der Waals surface area contributed by atoms with E-state index in [-0.39, 0.29) is 23.3 Å². The lowest BCUT2D eigenvalue weighted by Gasteiger charge is -2.18. The van der Waals surface area contributed by atoms with Crippen LogP contribution in [0.15, 0.2) is 34.2 Å². The van der Waals surface area contributed by atoms with E-state index in [4.69, 9.17) is 10.7 Å². The Morgan fingerprint density at radius 1 is 1.25 bits per heavy atom. The SMILES string of the molecule is CC[C@H](C)n1c(SCC(=O)Nc2ccc(C(N)=O)cc2)nc2sc3c(c2c1=O)CCCC3. The first-order valence-corrected chi connectivity index (χ1v) is 12.6. The second kappa shape index (κ2) is 9.46. The maximum atomic E-state index is 13.5. The molecule has 3 aromatic rings. The van der Waals surface area contributed by atoms with Crippen LogP contribution < -0.4 is 16.6 Å². The number of amides is 2. The molecule has 168 valence electrons. The Hall–Kier alpha value is -2.65. The number of rotatable bonds is 7. The first-order chi connectivity index (χ1) is 15.4. The second-order valence-corrected chi connectivity index (χ2v) is 10.0. The standard InChI is InChI=1S/C23H26N4O3S2/c1-3-13(2)27-22(30)19-16-6-4-5-7-17(16)32-21(19)26-23(27)31-12-18(28)25-15-10-8-14(9-11-15)20(24)29/h8-11,13H,3-7,12H2,1-2H3,(H2,24,29)(H,25,28)/t13-/m0/s1. The Morgan fingerprint density at radius 2 is 1.97 bits per heavy atom. The van der Waals surface area contributed by atoms with E-state index < -0.39 is 5.91 Å². The van der Waals surface area contributed by atoms with E-state index in [1.165, 1.54) is 22.2 Å². The monoisotopic (exact) mass is 470 g/mol. The highest BCUT2D eigenvalue weighted by Crippen LogP contribution is 2.35. The Morgan fingerprint density at radius 3 is 2.66 bits per heavy atom. The summed E-state index contributed by atoms with van der Waals surface area (Å²) in [6.07, 6.45) is 5.01. The lowest BCUT2D eigenvalue weighted by Crippen LogP contribution is -2.27. The molecule has 0 aliphatic heterocycles. The minimum absolute atomic E-state index is 0.00805. The molecule has 0 bridgehead atoms. The van der Waals surface area contributed by atoms with E-state index in [0.29, 0.717) is 16.4 Å². The van der Waals surface area contributed by atoms with Gasteiger partial charge >= 0.3 is 0 Å². The predicted molar refractivity (Wildman–Crippen MR) is 130 cm³/mol. The lowest BCUT2D eigenvalue weighted by molar-refractivity contribution is -0.113. The molecule has 0 spiro atoms. The van der Waals surface area contributed by atoms with Gasteiger partial charge in [0.25, 0.3) is 5.56 Å². The number of fused-ring (bicyclic) bond motifs is 3. The van der Waals surface area contributed by atoms with Crippen LogP contribution in [0.5, 0.6) is 0 Å². The molecule has 3 N–H and O–H groups in total. The van der Waals surface area contributed by atoms with Crippen molar-refractivity contribution in [2.24, 2.45) is 5.73 Å². The number of nitrogens with two attached hydrogens (primary N) is 1. The quantitative estimate of drug-likeness (QED) is 0.399. The molecule has 1 aromatic carbocycles. The zero-order chi connectivity index (χ0) is 22.8. The van der Waals surface area contributed by atoms with Crippen molar-refractivity contribution in [1.29, 1.82) is 0 Å². The molecule has 1 atom stereocenters. The van der Waals surface area contributed by atoms with Crippen molar-refractivity contribution in [3.8, 4) is 0 Å². The minimum atomic E-state index is -0.516. The van der Waals surface area contributed by atoms with E-state index in [0.717, 1.165) is 42.3 Å². The van der Waals surface area contributed by atoms with Crippen molar-refractivity contribution in [2.75, 3.05) is 11.1 Å². The van der Waals surface area contributed by atoms with Crippen LogP contribution in [0.4, 0.5) is 5.69 Å². The molecule has 1 aliphatic carbocycles. The van der Waals surface area contributed by atoms with Gasteiger partial charge in [-0.15, -0.1) is 11.3 Å². The molecule has 0 saturated heterocycles. The van der Waals surface area contributed by atoms with Crippen molar-refractivity contribution < 1.29 is 9.59 Å². The van der Waals surface area contributed by atoms with E-state index in [9.17, 15) is 14.4 Å². The molecule has 9 heteroatoms. The van der Waals surface area contributed by atoms with Gasteiger partial charge in [-0.2, -0.15) is 0 Å². The number of aryl methyl sites for hydroxylation is 2. The molecule has 1 aliphatic rings. The number of carbonyl (C=O) groups excluding carboxylic acids is 2. The molecule has 0 unspecified atom stereocenters. The van der Waals surface area contributed by atoms with E-state index in [1.807, 2.05) is 13.8 Å². The van der Waals surface area contributed by atoms with Crippen LogP contribution >= 0.6 is 23.1 Å². The number of primary amides is 1. The highest BCUT2D eigenvalue weighted by atomic mass is 32.2. The maximum absolute atomic E-state index is 13.5. The summed E-state index contributed by atoms with van der Waals surface area (Å²) in [7, 11) is 0. The Kier molecular flexibility index (Phi) is 6.66. The Labute approximate surface area is 194 Å². The van der Waals surface area contributed by atoms with Crippen molar-refractivity contribution in [3.63, 3.8) is 0 Å². The number of nitrogens with one attached hydrogen (secondary N) is 1. The van der Waals surface area contributed by atoms with E-state index in [1.54, 1.807) is 40.2 Å². The number of hydrogen-bond donors (Lipinski definition) is 2. The summed E-state index contributed by atoms with van der Waals surface area (Å²) in [5.41, 5.74) is 7.39. The molecule has 7 nitrogen and oxygen atoms in total. The van der Waals surface area contributed by atoms with Crippen LogP contribution in [-0.4, -0.2) is 27.1 Å². The number of aromatic nitrogens is 2. The van der Waals surface area contributed by atoms with Crippen molar-refractivity contribution in [1.82, 2.24) is 9.55 Å². The van der Waals surface area contributed by atoms with Gasteiger partial charge in [-0.05, 0) is 68.9 Å². The fourth-order valence-electron chi connectivity index (χ4n) is 3.92. The average molecular weight is 471 g/mol. The molecular weight excluding hydrogens is 444 g/mol. The van der Waals surface area contributed by atoms with Crippen LogP contribution in [0.25, 0.3) is 10.2 Å². The highest BCUT2D eigenvalue weighted by Gasteiger charge is 2.24. The lowest BCUT2D eigenvalue weighted by atomic mass is 9.97. The van der Waals surface area contributed by atoms with E-state index >= 15 is 0 Å². The van der Waals surface area contributed by atoms with Gasteiger partial charge in [0.15, 0.2) is 5.16 Å². The van der Waals surface area contributed by atoms with Gasteiger partial charge in [-0.25, -0.2) is 4.98 Å². The summed E-state index contributed by atoms with van der Waals surface area (Å²) < 4.78 is 1.75. The first-order valence-electron chi connectivity index (χ1n) is 10.8. The fraction of sp³-hybridized carbons (Fsp3) is 0.391. The number of nitrogens with zero attached hydrogens (tertiary/aromatic N) is 2. The molecule has 0 saturated carbocycles. The molecule has 0 radical (unpaired) electrons. The third-order valence-corrected chi connectivity index (χ3v) is 7.94. The summed E-state index contributed by atoms with van der Waals surface area (Å²) in [4.78, 5) is 44.1. The Balaban J connectivity index is 1.58. The molecule has 32 heavy (non-hydrogen) atoms. The van der Waals surface area contributed by atoms with Gasteiger partial charge in [-0.1, -0.05) is 18.7 Å². The van der Waals surface area contributed by atoms with Crippen LogP contribution in [0.1, 0.15) is 60.0 Å². The first kappa shape index (κ1) is 22.5. The minimum Gasteiger partial charge on any atom is -0.366 e. The highest BCUT2D eigenvalue weighted by molar-refractivity contribution is 7.99. The number of carbonyl (C=O) groups is 2. The normalized spacial score (nSPS) is 14.2. The second-order valence-electron chi connectivity index (χ2n) is 8.00. The van der Waals surface area contributed by atoms with Gasteiger partial charge in [0.2, 0.25) is 11.8 Å². The zero-order valence-electron chi connectivity index (χ0n) is 18.1. The van der Waals surface area contributed by atoms with Crippen molar-refractivity contribution in [2.45, 2.75) is 57.1 Å². The summed E-state index contributed by atoms with van der Waals surface area (Å²) in [5, 5.41) is 4.16. The van der Waals surface area contributed by atoms with E-state index in [2.05, 4.69) is 5.32 Å². The van der Waals surface area contributed by atoms with Crippen LogP contribution in [0, 0.1) is 0 Å². The summed E-state index contributed by atoms with van der Waals surface area (Å²) in [6, 6.07) is 6.40. The van der Waals surface area contributed by atoms with Crippen LogP contribution in [0.2, 0.25) is 0 Å². The molecule has 2 heterocycles. The topological polar surface area (TPSA) is 107 Å². The third-order valence-electron chi connectivity index (χ3n) is 5.81. The maximum Gasteiger partial charge on any atom is 0.263 e. The van der Waals surface area contributed by atoms with Crippen molar-refractivity contribution in [3.05, 3.63) is 50.6 Å². The number of hydrogen-bond acceptors (Lipinski definition) is 6. The van der Waals surface area contributed by atoms with Gasteiger partial charge in [0, 0.05) is 22.2 Å². The fourth-order valence-corrected chi connectivity index (χ4v) is 6.12. The zero-order valence-corrected chi connectivity index (χ0v) is 19.8. The predicted octanol–water partition coefficient (Wildman–Crippen LogP) is 4.14. The van der Waals surface area contributed by atoms with Crippen LogP contribution in [-0.2, 0) is 17.6 Å². The van der Waals surface area contributed by atoms with Crippen molar-refractivity contribution >= 4 is 50.8 Å².